The van der Waals surface area contributed by atoms with Gasteiger partial charge in [-0.05, 0) is 18.2 Å². The number of para-hydroxylation sites is 1. The summed E-state index contributed by atoms with van der Waals surface area (Å²) in [5.41, 5.74) is -0.939. The van der Waals surface area contributed by atoms with E-state index in [0.29, 0.717) is 0 Å². The van der Waals surface area contributed by atoms with E-state index in [2.05, 4.69) is 0 Å². The molecule has 8 heteroatoms. The molecule has 3 rings (SSSR count). The Kier molecular flexibility index (Phi) is 3.94. The third-order valence-corrected chi connectivity index (χ3v) is 3.63. The molecule has 0 fully saturated rings. The maximum atomic E-state index is 11.7. The summed E-state index contributed by atoms with van der Waals surface area (Å²) >= 11 is 12.1. The van der Waals surface area contributed by atoms with Crippen LogP contribution in [-0.2, 0) is 0 Å². The van der Waals surface area contributed by atoms with Gasteiger partial charge in [-0.25, -0.2) is 4.79 Å². The van der Waals surface area contributed by atoms with Gasteiger partial charge in [-0.3, -0.25) is 10.1 Å². The Morgan fingerprint density at radius 2 is 1.74 bits per heavy atom. The summed E-state index contributed by atoms with van der Waals surface area (Å²) in [5.74, 6) is 0.0411. The van der Waals surface area contributed by atoms with E-state index >= 15 is 0 Å². The largest absolute Gasteiger partial charge is 0.453 e. The first-order valence-corrected chi connectivity index (χ1v) is 7.06. The average molecular weight is 352 g/mol. The lowest BCUT2D eigenvalue weighted by Gasteiger charge is -2.10. The molecule has 3 aromatic rings. The molecule has 0 amide bonds. The van der Waals surface area contributed by atoms with Gasteiger partial charge in [0.15, 0.2) is 11.5 Å². The van der Waals surface area contributed by atoms with Gasteiger partial charge in [0.05, 0.1) is 21.0 Å². The Labute approximate surface area is 139 Å². The van der Waals surface area contributed by atoms with Crippen molar-refractivity contribution in [1.29, 1.82) is 0 Å². The van der Waals surface area contributed by atoms with Gasteiger partial charge in [0.1, 0.15) is 11.0 Å². The van der Waals surface area contributed by atoms with E-state index in [9.17, 15) is 14.9 Å². The molecule has 0 bridgehead atoms. The summed E-state index contributed by atoms with van der Waals surface area (Å²) in [7, 11) is 0. The number of rotatable bonds is 3. The monoisotopic (exact) mass is 351 g/mol. The highest BCUT2D eigenvalue weighted by molar-refractivity contribution is 6.37. The second-order valence-electron chi connectivity index (χ2n) is 4.49. The van der Waals surface area contributed by atoms with Crippen molar-refractivity contribution >= 4 is 39.9 Å². The summed E-state index contributed by atoms with van der Waals surface area (Å²) in [6, 6.07) is 9.85. The van der Waals surface area contributed by atoms with E-state index in [1.54, 1.807) is 18.2 Å². The highest BCUT2D eigenvalue weighted by atomic mass is 35.5. The average Bonchev–Trinajstić information content (AvgIpc) is 2.50. The molecule has 0 saturated carbocycles. The van der Waals surface area contributed by atoms with E-state index < -0.39 is 10.5 Å². The first-order valence-electron chi connectivity index (χ1n) is 6.30. The Balaban J connectivity index is 2.28. The number of fused-ring (bicyclic) bond motifs is 1. The van der Waals surface area contributed by atoms with Crippen LogP contribution >= 0.6 is 23.2 Å². The van der Waals surface area contributed by atoms with Crippen molar-refractivity contribution in [2.75, 3.05) is 0 Å². The number of hydrogen-bond acceptors (Lipinski definition) is 5. The molecule has 0 N–H and O–H groups in total. The second-order valence-corrected chi connectivity index (χ2v) is 5.30. The van der Waals surface area contributed by atoms with Crippen molar-refractivity contribution in [3.63, 3.8) is 0 Å². The van der Waals surface area contributed by atoms with Crippen LogP contribution in [0.1, 0.15) is 0 Å². The number of non-ortho nitro benzene ring substituents is 1. The van der Waals surface area contributed by atoms with Crippen molar-refractivity contribution < 1.29 is 14.1 Å². The maximum Gasteiger partial charge on any atom is 0.339 e. The maximum absolute atomic E-state index is 11.7. The summed E-state index contributed by atoms with van der Waals surface area (Å²) in [6.45, 7) is 0. The third-order valence-electron chi connectivity index (χ3n) is 3.04. The van der Waals surface area contributed by atoms with E-state index in [1.807, 2.05) is 0 Å². The van der Waals surface area contributed by atoms with E-state index in [-0.39, 0.29) is 38.2 Å². The van der Waals surface area contributed by atoms with Gasteiger partial charge in [0, 0.05) is 6.07 Å². The van der Waals surface area contributed by atoms with Crippen molar-refractivity contribution in [2.45, 2.75) is 0 Å². The lowest BCUT2D eigenvalue weighted by molar-refractivity contribution is -0.383. The standard InChI is InChI=1S/C15H7Cl2NO5/c16-8-3-1-4-9(17)15(8)23-12-7-13(19)22-11-6-2-5-10(14(11)12)18(20)21/h1-7H. The smallest absolute Gasteiger partial charge is 0.339 e. The van der Waals surface area contributed by atoms with Gasteiger partial charge < -0.3 is 9.15 Å². The lowest BCUT2D eigenvalue weighted by Crippen LogP contribution is -2.01. The van der Waals surface area contributed by atoms with Gasteiger partial charge in [0.2, 0.25) is 0 Å². The molecule has 1 heterocycles. The number of benzene rings is 2. The van der Waals surface area contributed by atoms with Gasteiger partial charge in [0.25, 0.3) is 5.69 Å². The quantitative estimate of drug-likeness (QED) is 0.384. The predicted molar refractivity (Wildman–Crippen MR) is 85.7 cm³/mol. The Morgan fingerprint density at radius 1 is 1.09 bits per heavy atom. The molecule has 0 unspecified atom stereocenters. The Morgan fingerprint density at radius 3 is 2.39 bits per heavy atom. The number of hydrogen-bond donors (Lipinski definition) is 0. The first-order chi connectivity index (χ1) is 11.0. The Hall–Kier alpha value is -2.57. The van der Waals surface area contributed by atoms with E-state index in [1.165, 1.54) is 18.2 Å². The topological polar surface area (TPSA) is 82.6 Å². The van der Waals surface area contributed by atoms with Crippen molar-refractivity contribution in [3.8, 4) is 11.5 Å². The van der Waals surface area contributed by atoms with Gasteiger partial charge >= 0.3 is 5.63 Å². The molecule has 1 aromatic heterocycles. The minimum Gasteiger partial charge on any atom is -0.453 e. The molecule has 0 spiro atoms. The molecule has 6 nitrogen and oxygen atoms in total. The highest BCUT2D eigenvalue weighted by Gasteiger charge is 2.20. The fourth-order valence-corrected chi connectivity index (χ4v) is 2.57. The van der Waals surface area contributed by atoms with Crippen LogP contribution in [0.2, 0.25) is 10.0 Å². The Bertz CT molecular complexity index is 963. The summed E-state index contributed by atoms with van der Waals surface area (Å²) in [6.07, 6.45) is 0. The number of nitro groups is 1. The molecule has 0 radical (unpaired) electrons. The van der Waals surface area contributed by atoms with Crippen LogP contribution in [0, 0.1) is 10.1 Å². The zero-order chi connectivity index (χ0) is 16.6. The fourth-order valence-electron chi connectivity index (χ4n) is 2.09. The molecule has 0 aliphatic carbocycles. The lowest BCUT2D eigenvalue weighted by atomic mass is 10.2. The SMILES string of the molecule is O=c1cc(Oc2c(Cl)cccc2Cl)c2c([N+](=O)[O-])cccc2o1. The molecular weight excluding hydrogens is 345 g/mol. The predicted octanol–water partition coefficient (Wildman–Crippen LogP) is 4.80. The number of ether oxygens (including phenoxy) is 1. The zero-order valence-electron chi connectivity index (χ0n) is 11.3. The molecule has 23 heavy (non-hydrogen) atoms. The fraction of sp³-hybridized carbons (Fsp3) is 0. The number of halogens is 2. The molecule has 0 aliphatic heterocycles. The number of nitro benzene ring substituents is 1. The molecule has 0 aliphatic rings. The van der Waals surface area contributed by atoms with Gasteiger partial charge in [-0.15, -0.1) is 0 Å². The number of nitrogens with zero attached hydrogens (tertiary/aromatic N) is 1. The van der Waals surface area contributed by atoms with E-state index in [0.717, 1.165) is 6.07 Å². The minimum absolute atomic E-state index is 0.0323. The van der Waals surface area contributed by atoms with E-state index in [4.69, 9.17) is 32.4 Å². The molecule has 116 valence electrons. The summed E-state index contributed by atoms with van der Waals surface area (Å²) in [5, 5.41) is 11.7. The van der Waals surface area contributed by atoms with Crippen LogP contribution in [0.3, 0.4) is 0 Å². The zero-order valence-corrected chi connectivity index (χ0v) is 12.8. The van der Waals surface area contributed by atoms with Crippen LogP contribution in [-0.4, -0.2) is 4.92 Å². The van der Waals surface area contributed by atoms with Crippen LogP contribution in [0.5, 0.6) is 11.5 Å². The molecule has 0 saturated heterocycles. The van der Waals surface area contributed by atoms with Crippen LogP contribution in [0.25, 0.3) is 11.0 Å². The van der Waals surface area contributed by atoms with Crippen LogP contribution in [0.4, 0.5) is 5.69 Å². The van der Waals surface area contributed by atoms with Crippen molar-refractivity contribution in [1.82, 2.24) is 0 Å². The van der Waals surface area contributed by atoms with Gasteiger partial charge in [-0.2, -0.15) is 0 Å². The molecular formula is C15H7Cl2NO5. The second kappa shape index (κ2) is 5.91. The summed E-state index contributed by atoms with van der Waals surface area (Å²) < 4.78 is 10.6. The van der Waals surface area contributed by atoms with Gasteiger partial charge in [-0.1, -0.05) is 35.3 Å². The van der Waals surface area contributed by atoms with Crippen molar-refractivity contribution in [2.24, 2.45) is 0 Å². The van der Waals surface area contributed by atoms with Crippen LogP contribution in [0.15, 0.2) is 51.7 Å². The first kappa shape index (κ1) is 15.3. The molecule has 2 aromatic carbocycles. The summed E-state index contributed by atoms with van der Waals surface area (Å²) in [4.78, 5) is 22.3. The highest BCUT2D eigenvalue weighted by Crippen LogP contribution is 2.40. The molecule has 0 atom stereocenters. The van der Waals surface area contributed by atoms with Crippen LogP contribution < -0.4 is 10.4 Å². The normalized spacial score (nSPS) is 10.7. The minimum atomic E-state index is -0.712. The third kappa shape index (κ3) is 2.86. The van der Waals surface area contributed by atoms with Crippen molar-refractivity contribution in [3.05, 3.63) is 73.0 Å².